The van der Waals surface area contributed by atoms with E-state index in [1.165, 1.54) is 12.0 Å². The molecule has 0 aromatic carbocycles. The third-order valence-electron chi connectivity index (χ3n) is 0.938. The van der Waals surface area contributed by atoms with Crippen molar-refractivity contribution in [3.63, 3.8) is 0 Å². The summed E-state index contributed by atoms with van der Waals surface area (Å²) in [5, 5.41) is 1.25. The Morgan fingerprint density at radius 2 is 2.00 bits per heavy atom. The Hall–Kier alpha value is -0.570. The van der Waals surface area contributed by atoms with Crippen LogP contribution < -0.4 is 0 Å². The summed E-state index contributed by atoms with van der Waals surface area (Å²) in [4.78, 5) is 16.1. The first-order valence-electron chi connectivity index (χ1n) is 3.63. The number of nitrogens with zero attached hydrogens (tertiary/aromatic N) is 1. The Bertz CT molecular complexity index is 138. The van der Waals surface area contributed by atoms with Crippen LogP contribution in [0.15, 0.2) is 0 Å². The zero-order chi connectivity index (χ0) is 9.07. The Labute approximate surface area is 68.3 Å². The second kappa shape index (κ2) is 3.72. The minimum Gasteiger partial charge on any atom is -0.273 e. The maximum absolute atomic E-state index is 10.8. The standard InChI is InChI=1S/C8H16NO2/c1-6-9(7(2)10)11-8(3,4)5/h1,6H2,2-5H3. The Morgan fingerprint density at radius 1 is 1.55 bits per heavy atom. The molecule has 0 unspecified atom stereocenters. The van der Waals surface area contributed by atoms with E-state index in [2.05, 4.69) is 6.92 Å². The third kappa shape index (κ3) is 4.79. The minimum absolute atomic E-state index is 0.116. The Kier molecular flexibility index (Phi) is 3.52. The number of rotatable bonds is 2. The second-order valence-electron chi connectivity index (χ2n) is 3.32. The lowest BCUT2D eigenvalue weighted by Crippen LogP contribution is -2.36. The van der Waals surface area contributed by atoms with Gasteiger partial charge in [0.2, 0.25) is 5.91 Å². The largest absolute Gasteiger partial charge is 0.273 e. The van der Waals surface area contributed by atoms with Gasteiger partial charge in [-0.3, -0.25) is 9.63 Å². The van der Waals surface area contributed by atoms with E-state index in [9.17, 15) is 4.79 Å². The summed E-state index contributed by atoms with van der Waals surface area (Å²) < 4.78 is 0. The van der Waals surface area contributed by atoms with Crippen molar-refractivity contribution >= 4 is 5.91 Å². The lowest BCUT2D eigenvalue weighted by Gasteiger charge is -2.27. The second-order valence-corrected chi connectivity index (χ2v) is 3.32. The number of carbonyl (C=O) groups excluding carboxylic acids is 1. The molecule has 0 saturated heterocycles. The Morgan fingerprint density at radius 3 is 2.09 bits per heavy atom. The van der Waals surface area contributed by atoms with Crippen LogP contribution in [0.1, 0.15) is 27.7 Å². The van der Waals surface area contributed by atoms with Crippen molar-refractivity contribution in [1.29, 1.82) is 0 Å². The van der Waals surface area contributed by atoms with Crippen molar-refractivity contribution in [2.24, 2.45) is 0 Å². The molecule has 0 aliphatic heterocycles. The summed E-state index contributed by atoms with van der Waals surface area (Å²) in [5.41, 5.74) is -0.330. The average molecular weight is 158 g/mol. The molecule has 0 aromatic heterocycles. The van der Waals surface area contributed by atoms with Crippen LogP contribution in [0.25, 0.3) is 0 Å². The van der Waals surface area contributed by atoms with E-state index >= 15 is 0 Å². The molecule has 3 nitrogen and oxygen atoms in total. The maximum atomic E-state index is 10.8. The molecular weight excluding hydrogens is 142 g/mol. The number of amides is 1. The predicted octanol–water partition coefficient (Wildman–Crippen LogP) is 1.40. The highest BCUT2D eigenvalue weighted by molar-refractivity contribution is 5.72. The predicted molar refractivity (Wildman–Crippen MR) is 43.6 cm³/mol. The van der Waals surface area contributed by atoms with Gasteiger partial charge in [0.1, 0.15) is 0 Å². The molecule has 0 rings (SSSR count). The molecule has 1 amide bonds. The summed E-state index contributed by atoms with van der Waals surface area (Å²) in [6.45, 7) is 11.0. The molecule has 0 N–H and O–H groups in total. The fourth-order valence-electron chi connectivity index (χ4n) is 0.598. The molecule has 65 valence electrons. The summed E-state index contributed by atoms with van der Waals surface area (Å²) in [6, 6.07) is 0. The van der Waals surface area contributed by atoms with Crippen LogP contribution in [0, 0.1) is 6.92 Å². The lowest BCUT2D eigenvalue weighted by atomic mass is 10.2. The molecule has 0 aromatic rings. The average Bonchev–Trinajstić information content (AvgIpc) is 1.80. The Balaban J connectivity index is 3.99. The van der Waals surface area contributed by atoms with E-state index in [-0.39, 0.29) is 11.5 Å². The van der Waals surface area contributed by atoms with Crippen LogP contribution in [-0.4, -0.2) is 23.1 Å². The van der Waals surface area contributed by atoms with Crippen molar-refractivity contribution in [3.05, 3.63) is 6.92 Å². The molecule has 0 heterocycles. The van der Waals surface area contributed by atoms with Gasteiger partial charge >= 0.3 is 0 Å². The van der Waals surface area contributed by atoms with Crippen molar-refractivity contribution in [1.82, 2.24) is 5.06 Å². The summed E-state index contributed by atoms with van der Waals surface area (Å²) in [5.74, 6) is -0.116. The van der Waals surface area contributed by atoms with E-state index < -0.39 is 0 Å². The van der Waals surface area contributed by atoms with E-state index in [0.717, 1.165) is 0 Å². The van der Waals surface area contributed by atoms with E-state index in [1.54, 1.807) is 0 Å². The molecule has 0 saturated carbocycles. The molecular formula is C8H16NO2. The SMILES string of the molecule is [CH2]CN(OC(C)(C)C)C(C)=O. The van der Waals surface area contributed by atoms with Gasteiger partial charge < -0.3 is 0 Å². The molecule has 11 heavy (non-hydrogen) atoms. The third-order valence-corrected chi connectivity index (χ3v) is 0.938. The number of carbonyl (C=O) groups is 1. The zero-order valence-electron chi connectivity index (χ0n) is 7.68. The summed E-state index contributed by atoms with van der Waals surface area (Å²) in [7, 11) is 0. The van der Waals surface area contributed by atoms with Crippen molar-refractivity contribution in [2.45, 2.75) is 33.3 Å². The quantitative estimate of drug-likeness (QED) is 0.568. The van der Waals surface area contributed by atoms with Crippen LogP contribution in [-0.2, 0) is 9.63 Å². The molecule has 0 atom stereocenters. The number of hydrogen-bond donors (Lipinski definition) is 0. The number of hydroxylamine groups is 2. The monoisotopic (exact) mass is 158 g/mol. The van der Waals surface area contributed by atoms with Gasteiger partial charge in [-0.05, 0) is 27.7 Å². The summed E-state index contributed by atoms with van der Waals surface area (Å²) >= 11 is 0. The summed E-state index contributed by atoms with van der Waals surface area (Å²) in [6.07, 6.45) is 0. The maximum Gasteiger partial charge on any atom is 0.243 e. The van der Waals surface area contributed by atoms with Crippen LogP contribution in [0.4, 0.5) is 0 Å². The van der Waals surface area contributed by atoms with Crippen molar-refractivity contribution in [3.8, 4) is 0 Å². The first-order chi connectivity index (χ1) is 4.87. The van der Waals surface area contributed by atoms with E-state index in [0.29, 0.717) is 6.54 Å². The lowest BCUT2D eigenvalue weighted by molar-refractivity contribution is -0.221. The van der Waals surface area contributed by atoms with Gasteiger partial charge in [-0.25, -0.2) is 5.06 Å². The van der Waals surface area contributed by atoms with Crippen LogP contribution in [0.5, 0.6) is 0 Å². The first kappa shape index (κ1) is 10.4. The number of hydrogen-bond acceptors (Lipinski definition) is 2. The highest BCUT2D eigenvalue weighted by atomic mass is 16.7. The molecule has 0 bridgehead atoms. The zero-order valence-corrected chi connectivity index (χ0v) is 7.68. The molecule has 0 spiro atoms. The molecule has 3 heteroatoms. The fraction of sp³-hybridized carbons (Fsp3) is 0.750. The van der Waals surface area contributed by atoms with Crippen LogP contribution >= 0.6 is 0 Å². The van der Waals surface area contributed by atoms with Gasteiger partial charge in [0.05, 0.1) is 5.60 Å². The van der Waals surface area contributed by atoms with Crippen molar-refractivity contribution < 1.29 is 9.63 Å². The van der Waals surface area contributed by atoms with E-state index in [1.807, 2.05) is 20.8 Å². The first-order valence-corrected chi connectivity index (χ1v) is 3.63. The highest BCUT2D eigenvalue weighted by Crippen LogP contribution is 2.09. The van der Waals surface area contributed by atoms with Crippen LogP contribution in [0.3, 0.4) is 0 Å². The van der Waals surface area contributed by atoms with Gasteiger partial charge in [-0.2, -0.15) is 0 Å². The van der Waals surface area contributed by atoms with Gasteiger partial charge in [0.15, 0.2) is 0 Å². The fourth-order valence-corrected chi connectivity index (χ4v) is 0.598. The van der Waals surface area contributed by atoms with E-state index in [4.69, 9.17) is 4.84 Å². The molecule has 1 radical (unpaired) electrons. The van der Waals surface area contributed by atoms with Gasteiger partial charge in [-0.15, -0.1) is 0 Å². The highest BCUT2D eigenvalue weighted by Gasteiger charge is 2.17. The molecule has 0 aliphatic carbocycles. The van der Waals surface area contributed by atoms with Gasteiger partial charge in [0.25, 0.3) is 0 Å². The smallest absolute Gasteiger partial charge is 0.243 e. The van der Waals surface area contributed by atoms with Crippen LogP contribution in [0.2, 0.25) is 0 Å². The van der Waals surface area contributed by atoms with Gasteiger partial charge in [0, 0.05) is 13.5 Å². The van der Waals surface area contributed by atoms with Gasteiger partial charge in [-0.1, -0.05) is 0 Å². The topological polar surface area (TPSA) is 29.5 Å². The normalized spacial score (nSPS) is 11.4. The molecule has 0 aliphatic rings. The minimum atomic E-state index is -0.330. The van der Waals surface area contributed by atoms with Crippen molar-refractivity contribution in [2.75, 3.05) is 6.54 Å². The molecule has 0 fully saturated rings.